The molecule has 0 radical (unpaired) electrons. The molecule has 1 fully saturated rings. The van der Waals surface area contributed by atoms with Gasteiger partial charge in [0, 0.05) is 24.7 Å². The fourth-order valence-electron chi connectivity index (χ4n) is 2.03. The third-order valence-electron chi connectivity index (χ3n) is 3.18. The molecule has 1 heterocycles. The molecule has 0 aromatic heterocycles. The van der Waals surface area contributed by atoms with Crippen LogP contribution >= 0.6 is 0 Å². The summed E-state index contributed by atoms with van der Waals surface area (Å²) in [5.41, 5.74) is 1.63. The van der Waals surface area contributed by atoms with Crippen LogP contribution in [0.2, 0.25) is 0 Å². The highest BCUT2D eigenvalue weighted by molar-refractivity contribution is 5.94. The molecule has 5 nitrogen and oxygen atoms in total. The Morgan fingerprint density at radius 1 is 1.58 bits per heavy atom. The summed E-state index contributed by atoms with van der Waals surface area (Å²) in [6.45, 7) is 4.72. The molecule has 1 aliphatic heterocycles. The number of hydrogen-bond donors (Lipinski definition) is 2. The second-order valence-corrected chi connectivity index (χ2v) is 4.62. The normalized spacial score (nSPS) is 18.9. The van der Waals surface area contributed by atoms with Crippen molar-refractivity contribution in [3.63, 3.8) is 0 Å². The molecule has 104 valence electrons. The first-order valence-corrected chi connectivity index (χ1v) is 6.44. The Balaban J connectivity index is 1.92. The maximum atomic E-state index is 12.0. The molecule has 1 aliphatic rings. The van der Waals surface area contributed by atoms with E-state index in [1.54, 1.807) is 19.2 Å². The fourth-order valence-corrected chi connectivity index (χ4v) is 2.03. The summed E-state index contributed by atoms with van der Waals surface area (Å²) < 4.78 is 10.6. The van der Waals surface area contributed by atoms with Gasteiger partial charge in [0.1, 0.15) is 5.75 Å². The zero-order valence-electron chi connectivity index (χ0n) is 11.4. The molecule has 0 bridgehead atoms. The zero-order chi connectivity index (χ0) is 13.7. The molecule has 1 saturated heterocycles. The van der Waals surface area contributed by atoms with E-state index in [4.69, 9.17) is 9.47 Å². The molecule has 19 heavy (non-hydrogen) atoms. The van der Waals surface area contributed by atoms with Gasteiger partial charge in [0.05, 0.1) is 20.3 Å². The van der Waals surface area contributed by atoms with Crippen LogP contribution in [0.4, 0.5) is 0 Å². The van der Waals surface area contributed by atoms with Crippen LogP contribution in [0.25, 0.3) is 0 Å². The molecule has 1 atom stereocenters. The van der Waals surface area contributed by atoms with E-state index in [2.05, 4.69) is 10.6 Å². The van der Waals surface area contributed by atoms with E-state index >= 15 is 0 Å². The minimum Gasteiger partial charge on any atom is -0.496 e. The van der Waals surface area contributed by atoms with E-state index in [9.17, 15) is 4.79 Å². The number of carbonyl (C=O) groups is 1. The molecular weight excluding hydrogens is 244 g/mol. The first-order chi connectivity index (χ1) is 9.20. The van der Waals surface area contributed by atoms with E-state index < -0.39 is 0 Å². The van der Waals surface area contributed by atoms with Gasteiger partial charge in [-0.25, -0.2) is 0 Å². The Morgan fingerprint density at radius 2 is 2.42 bits per heavy atom. The summed E-state index contributed by atoms with van der Waals surface area (Å²) in [4.78, 5) is 12.0. The third-order valence-corrected chi connectivity index (χ3v) is 3.18. The summed E-state index contributed by atoms with van der Waals surface area (Å²) in [5, 5.41) is 6.20. The first-order valence-electron chi connectivity index (χ1n) is 6.44. The SMILES string of the molecule is COc1cc(C(=O)NCC2COCCN2)ccc1C. The van der Waals surface area contributed by atoms with Crippen molar-refractivity contribution in [2.45, 2.75) is 13.0 Å². The summed E-state index contributed by atoms with van der Waals surface area (Å²) >= 11 is 0. The molecule has 1 aromatic rings. The van der Waals surface area contributed by atoms with Crippen LogP contribution < -0.4 is 15.4 Å². The van der Waals surface area contributed by atoms with Gasteiger partial charge < -0.3 is 20.1 Å². The van der Waals surface area contributed by atoms with Gasteiger partial charge in [-0.05, 0) is 24.6 Å². The van der Waals surface area contributed by atoms with Gasteiger partial charge in [0.15, 0.2) is 0 Å². The monoisotopic (exact) mass is 264 g/mol. The maximum absolute atomic E-state index is 12.0. The van der Waals surface area contributed by atoms with Gasteiger partial charge in [-0.15, -0.1) is 0 Å². The number of carbonyl (C=O) groups excluding carboxylic acids is 1. The van der Waals surface area contributed by atoms with Crippen LogP contribution in [0.1, 0.15) is 15.9 Å². The summed E-state index contributed by atoms with van der Waals surface area (Å²) in [5.74, 6) is 0.637. The van der Waals surface area contributed by atoms with Crippen LogP contribution in [0.5, 0.6) is 5.75 Å². The Labute approximate surface area is 113 Å². The molecule has 1 amide bonds. The van der Waals surface area contributed by atoms with Crippen molar-refractivity contribution in [3.05, 3.63) is 29.3 Å². The summed E-state index contributed by atoms with van der Waals surface area (Å²) in [7, 11) is 1.60. The number of ether oxygens (including phenoxy) is 2. The van der Waals surface area contributed by atoms with E-state index in [1.165, 1.54) is 0 Å². The van der Waals surface area contributed by atoms with Crippen molar-refractivity contribution in [2.24, 2.45) is 0 Å². The van der Waals surface area contributed by atoms with Crippen molar-refractivity contribution >= 4 is 5.91 Å². The highest BCUT2D eigenvalue weighted by Gasteiger charge is 2.15. The zero-order valence-corrected chi connectivity index (χ0v) is 11.4. The largest absolute Gasteiger partial charge is 0.496 e. The van der Waals surface area contributed by atoms with Crippen molar-refractivity contribution in [2.75, 3.05) is 33.4 Å². The van der Waals surface area contributed by atoms with Crippen molar-refractivity contribution < 1.29 is 14.3 Å². The lowest BCUT2D eigenvalue weighted by Gasteiger charge is -2.23. The van der Waals surface area contributed by atoms with E-state index in [0.29, 0.717) is 18.7 Å². The van der Waals surface area contributed by atoms with Gasteiger partial charge in [-0.2, -0.15) is 0 Å². The van der Waals surface area contributed by atoms with E-state index in [1.807, 2.05) is 13.0 Å². The van der Waals surface area contributed by atoms with Crippen LogP contribution in [0.3, 0.4) is 0 Å². The Morgan fingerprint density at radius 3 is 3.11 bits per heavy atom. The predicted molar refractivity (Wildman–Crippen MR) is 72.7 cm³/mol. The standard InChI is InChI=1S/C14H20N2O3/c1-10-3-4-11(7-13(10)18-2)14(17)16-8-12-9-19-6-5-15-12/h3-4,7,12,15H,5-6,8-9H2,1-2H3,(H,16,17). The molecule has 1 aromatic carbocycles. The number of aryl methyl sites for hydroxylation is 1. The number of morpholine rings is 1. The maximum Gasteiger partial charge on any atom is 0.251 e. The Kier molecular flexibility index (Phi) is 4.76. The minimum atomic E-state index is -0.0920. The van der Waals surface area contributed by atoms with E-state index in [-0.39, 0.29) is 11.9 Å². The fraction of sp³-hybridized carbons (Fsp3) is 0.500. The van der Waals surface area contributed by atoms with Crippen molar-refractivity contribution in [1.82, 2.24) is 10.6 Å². The Hall–Kier alpha value is -1.59. The van der Waals surface area contributed by atoms with E-state index in [0.717, 1.165) is 24.5 Å². The van der Waals surface area contributed by atoms with Crippen molar-refractivity contribution in [3.8, 4) is 5.75 Å². The number of amides is 1. The van der Waals surface area contributed by atoms with Crippen LogP contribution in [0, 0.1) is 6.92 Å². The number of nitrogens with one attached hydrogen (secondary N) is 2. The van der Waals surface area contributed by atoms with Gasteiger partial charge in [-0.3, -0.25) is 4.79 Å². The van der Waals surface area contributed by atoms with Crippen LogP contribution in [-0.2, 0) is 4.74 Å². The molecule has 0 saturated carbocycles. The molecule has 0 spiro atoms. The molecule has 2 rings (SSSR count). The van der Waals surface area contributed by atoms with Gasteiger partial charge in [-0.1, -0.05) is 6.07 Å². The Bertz CT molecular complexity index is 442. The second kappa shape index (κ2) is 6.54. The van der Waals surface area contributed by atoms with Crippen molar-refractivity contribution in [1.29, 1.82) is 0 Å². The molecular formula is C14H20N2O3. The average Bonchev–Trinajstić information content (AvgIpc) is 2.46. The van der Waals surface area contributed by atoms with Gasteiger partial charge in [0.2, 0.25) is 0 Å². The van der Waals surface area contributed by atoms with Crippen LogP contribution in [-0.4, -0.2) is 45.4 Å². The molecule has 1 unspecified atom stereocenters. The minimum absolute atomic E-state index is 0.0920. The average molecular weight is 264 g/mol. The summed E-state index contributed by atoms with van der Waals surface area (Å²) in [6, 6.07) is 5.63. The number of methoxy groups -OCH3 is 1. The predicted octanol–water partition coefficient (Wildman–Crippen LogP) is 0.722. The lowest BCUT2D eigenvalue weighted by Crippen LogP contribution is -2.48. The number of hydrogen-bond acceptors (Lipinski definition) is 4. The lowest BCUT2D eigenvalue weighted by molar-refractivity contribution is 0.0734. The van der Waals surface area contributed by atoms with Gasteiger partial charge in [0.25, 0.3) is 5.91 Å². The number of rotatable bonds is 4. The molecule has 2 N–H and O–H groups in total. The summed E-state index contributed by atoms with van der Waals surface area (Å²) in [6.07, 6.45) is 0. The third kappa shape index (κ3) is 3.68. The topological polar surface area (TPSA) is 59.6 Å². The first kappa shape index (κ1) is 13.8. The smallest absolute Gasteiger partial charge is 0.251 e. The van der Waals surface area contributed by atoms with Gasteiger partial charge >= 0.3 is 0 Å². The number of benzene rings is 1. The molecule has 0 aliphatic carbocycles. The van der Waals surface area contributed by atoms with Crippen LogP contribution in [0.15, 0.2) is 18.2 Å². The molecule has 5 heteroatoms. The highest BCUT2D eigenvalue weighted by atomic mass is 16.5. The highest BCUT2D eigenvalue weighted by Crippen LogP contribution is 2.18. The second-order valence-electron chi connectivity index (χ2n) is 4.62. The quantitative estimate of drug-likeness (QED) is 0.841. The lowest BCUT2D eigenvalue weighted by atomic mass is 10.1.